The van der Waals surface area contributed by atoms with Crippen molar-refractivity contribution < 1.29 is 5.11 Å². The van der Waals surface area contributed by atoms with E-state index in [9.17, 15) is 0 Å². The summed E-state index contributed by atoms with van der Waals surface area (Å²) >= 11 is 0. The van der Waals surface area contributed by atoms with Crippen LogP contribution in [0.2, 0.25) is 0 Å². The highest BCUT2D eigenvalue weighted by Gasteiger charge is 2.23. The van der Waals surface area contributed by atoms with Gasteiger partial charge in [0, 0.05) is 19.3 Å². The van der Waals surface area contributed by atoms with Crippen molar-refractivity contribution in [1.29, 1.82) is 0 Å². The number of hydrogen-bond donors (Lipinski definition) is 1. The molecular weight excluding hydrogens is 212 g/mol. The summed E-state index contributed by atoms with van der Waals surface area (Å²) in [6.45, 7) is 6.91. The number of pyridine rings is 1. The first-order valence-corrected chi connectivity index (χ1v) is 6.41. The normalized spacial score (nSPS) is 20.1. The Morgan fingerprint density at radius 2 is 2.18 bits per heavy atom. The van der Waals surface area contributed by atoms with Gasteiger partial charge in [-0.05, 0) is 42.4 Å². The molecule has 0 saturated carbocycles. The lowest BCUT2D eigenvalue weighted by Gasteiger charge is -2.24. The molecule has 0 amide bonds. The number of rotatable bonds is 2. The number of nitrogens with zero attached hydrogens (tertiary/aromatic N) is 2. The van der Waals surface area contributed by atoms with E-state index >= 15 is 0 Å². The maximum absolute atomic E-state index is 9.15. The molecule has 0 radical (unpaired) electrons. The van der Waals surface area contributed by atoms with Crippen LogP contribution >= 0.6 is 0 Å². The summed E-state index contributed by atoms with van der Waals surface area (Å²) in [5, 5.41) is 9.15. The van der Waals surface area contributed by atoms with Gasteiger partial charge in [0.1, 0.15) is 5.82 Å². The first-order chi connectivity index (χ1) is 8.11. The SMILES string of the molecule is CC1(C)CCCN(c2cc(CO)ccn2)CC1. The number of aromatic nitrogens is 1. The second-order valence-corrected chi connectivity index (χ2v) is 5.69. The Hall–Kier alpha value is -1.09. The van der Waals surface area contributed by atoms with Crippen molar-refractivity contribution >= 4 is 5.82 Å². The summed E-state index contributed by atoms with van der Waals surface area (Å²) in [6.07, 6.45) is 5.50. The molecule has 94 valence electrons. The molecule has 0 spiro atoms. The zero-order valence-corrected chi connectivity index (χ0v) is 10.8. The average molecular weight is 234 g/mol. The largest absolute Gasteiger partial charge is 0.392 e. The fourth-order valence-corrected chi connectivity index (χ4v) is 2.38. The first-order valence-electron chi connectivity index (χ1n) is 6.41. The highest BCUT2D eigenvalue weighted by atomic mass is 16.3. The van der Waals surface area contributed by atoms with Gasteiger partial charge in [0.2, 0.25) is 0 Å². The second-order valence-electron chi connectivity index (χ2n) is 5.69. The lowest BCUT2D eigenvalue weighted by molar-refractivity contribution is 0.281. The van der Waals surface area contributed by atoms with E-state index in [1.54, 1.807) is 6.20 Å². The van der Waals surface area contributed by atoms with Crippen molar-refractivity contribution in [1.82, 2.24) is 4.98 Å². The molecule has 2 rings (SSSR count). The van der Waals surface area contributed by atoms with E-state index in [2.05, 4.69) is 23.7 Å². The average Bonchev–Trinajstić information content (AvgIpc) is 2.50. The lowest BCUT2D eigenvalue weighted by atomic mass is 9.85. The van der Waals surface area contributed by atoms with Gasteiger partial charge in [-0.2, -0.15) is 0 Å². The molecule has 2 heterocycles. The first kappa shape index (κ1) is 12.4. The highest BCUT2D eigenvalue weighted by Crippen LogP contribution is 2.31. The predicted octanol–water partition coefficient (Wildman–Crippen LogP) is 2.59. The fraction of sp³-hybridized carbons (Fsp3) is 0.643. The Bertz CT molecular complexity index is 376. The Morgan fingerprint density at radius 1 is 1.35 bits per heavy atom. The molecule has 0 unspecified atom stereocenters. The molecule has 1 fully saturated rings. The van der Waals surface area contributed by atoms with Gasteiger partial charge in [-0.1, -0.05) is 13.8 Å². The molecule has 1 aromatic heterocycles. The molecule has 0 atom stereocenters. The van der Waals surface area contributed by atoms with Crippen LogP contribution in [0.25, 0.3) is 0 Å². The molecule has 17 heavy (non-hydrogen) atoms. The number of anilines is 1. The zero-order chi connectivity index (χ0) is 12.3. The Balaban J connectivity index is 2.11. The third-order valence-electron chi connectivity index (χ3n) is 3.66. The van der Waals surface area contributed by atoms with E-state index in [1.807, 2.05) is 12.1 Å². The van der Waals surface area contributed by atoms with Crippen molar-refractivity contribution in [2.45, 2.75) is 39.7 Å². The van der Waals surface area contributed by atoms with Gasteiger partial charge in [-0.25, -0.2) is 4.98 Å². The Labute approximate surface area is 103 Å². The lowest BCUT2D eigenvalue weighted by Crippen LogP contribution is -2.26. The molecule has 1 aliphatic rings. The van der Waals surface area contributed by atoms with Crippen molar-refractivity contribution in [3.63, 3.8) is 0 Å². The summed E-state index contributed by atoms with van der Waals surface area (Å²) < 4.78 is 0. The Morgan fingerprint density at radius 3 is 2.94 bits per heavy atom. The van der Waals surface area contributed by atoms with E-state index in [4.69, 9.17) is 5.11 Å². The van der Waals surface area contributed by atoms with Gasteiger partial charge in [-0.3, -0.25) is 0 Å². The summed E-state index contributed by atoms with van der Waals surface area (Å²) in [5.74, 6) is 1.01. The van der Waals surface area contributed by atoms with E-state index in [0.29, 0.717) is 5.41 Å². The fourth-order valence-electron chi connectivity index (χ4n) is 2.38. The summed E-state index contributed by atoms with van der Waals surface area (Å²) in [4.78, 5) is 6.76. The van der Waals surface area contributed by atoms with Crippen LogP contribution in [0.15, 0.2) is 18.3 Å². The Kier molecular flexibility index (Phi) is 3.67. The molecule has 1 N–H and O–H groups in total. The predicted molar refractivity (Wildman–Crippen MR) is 70.0 cm³/mol. The minimum atomic E-state index is 0.0921. The van der Waals surface area contributed by atoms with Crippen LogP contribution in [0.4, 0.5) is 5.82 Å². The van der Waals surface area contributed by atoms with Crippen LogP contribution < -0.4 is 4.90 Å². The topological polar surface area (TPSA) is 36.4 Å². The van der Waals surface area contributed by atoms with Crippen LogP contribution in [-0.4, -0.2) is 23.2 Å². The minimum Gasteiger partial charge on any atom is -0.392 e. The highest BCUT2D eigenvalue weighted by molar-refractivity contribution is 5.41. The van der Waals surface area contributed by atoms with Gasteiger partial charge >= 0.3 is 0 Å². The standard InChI is InChI=1S/C14H22N2O/c1-14(2)5-3-8-16(9-6-14)13-10-12(11-17)4-7-15-13/h4,7,10,17H,3,5-6,8-9,11H2,1-2H3. The third-order valence-corrected chi connectivity index (χ3v) is 3.66. The van der Waals surface area contributed by atoms with Crippen LogP contribution in [-0.2, 0) is 6.61 Å². The molecule has 0 aliphatic carbocycles. The van der Waals surface area contributed by atoms with E-state index in [-0.39, 0.29) is 6.61 Å². The molecule has 3 nitrogen and oxygen atoms in total. The molecular formula is C14H22N2O. The molecule has 1 aromatic rings. The molecule has 0 aromatic carbocycles. The monoisotopic (exact) mass is 234 g/mol. The van der Waals surface area contributed by atoms with E-state index in [1.165, 1.54) is 19.3 Å². The minimum absolute atomic E-state index is 0.0921. The van der Waals surface area contributed by atoms with Crippen molar-refractivity contribution in [2.75, 3.05) is 18.0 Å². The number of hydrogen-bond acceptors (Lipinski definition) is 3. The summed E-state index contributed by atoms with van der Waals surface area (Å²) in [7, 11) is 0. The van der Waals surface area contributed by atoms with Crippen molar-refractivity contribution in [2.24, 2.45) is 5.41 Å². The number of aliphatic hydroxyl groups is 1. The third kappa shape index (κ3) is 3.19. The molecule has 3 heteroatoms. The number of aliphatic hydroxyl groups excluding tert-OH is 1. The molecule has 1 aliphatic heterocycles. The summed E-state index contributed by atoms with van der Waals surface area (Å²) in [6, 6.07) is 3.86. The summed E-state index contributed by atoms with van der Waals surface area (Å²) in [5.41, 5.74) is 1.39. The van der Waals surface area contributed by atoms with Gasteiger partial charge in [0.05, 0.1) is 6.61 Å². The van der Waals surface area contributed by atoms with Crippen LogP contribution in [0.1, 0.15) is 38.7 Å². The van der Waals surface area contributed by atoms with Gasteiger partial charge < -0.3 is 10.0 Å². The van der Waals surface area contributed by atoms with E-state index < -0.39 is 0 Å². The molecule has 1 saturated heterocycles. The maximum atomic E-state index is 9.15. The quantitative estimate of drug-likeness (QED) is 0.854. The molecule has 0 bridgehead atoms. The van der Waals surface area contributed by atoms with Gasteiger partial charge in [-0.15, -0.1) is 0 Å². The zero-order valence-electron chi connectivity index (χ0n) is 10.8. The van der Waals surface area contributed by atoms with Crippen molar-refractivity contribution in [3.05, 3.63) is 23.9 Å². The second kappa shape index (κ2) is 5.05. The van der Waals surface area contributed by atoms with Gasteiger partial charge in [0.15, 0.2) is 0 Å². The smallest absolute Gasteiger partial charge is 0.128 e. The van der Waals surface area contributed by atoms with Gasteiger partial charge in [0.25, 0.3) is 0 Å². The van der Waals surface area contributed by atoms with E-state index in [0.717, 1.165) is 24.5 Å². The van der Waals surface area contributed by atoms with Crippen LogP contribution in [0, 0.1) is 5.41 Å². The van der Waals surface area contributed by atoms with Crippen LogP contribution in [0.3, 0.4) is 0 Å². The van der Waals surface area contributed by atoms with Crippen molar-refractivity contribution in [3.8, 4) is 0 Å². The van der Waals surface area contributed by atoms with Crippen LogP contribution in [0.5, 0.6) is 0 Å². The maximum Gasteiger partial charge on any atom is 0.128 e.